The van der Waals surface area contributed by atoms with Crippen LogP contribution >= 0.6 is 24.0 Å². The van der Waals surface area contributed by atoms with Crippen LogP contribution < -0.4 is 10.6 Å². The van der Waals surface area contributed by atoms with E-state index < -0.39 is 5.82 Å². The van der Waals surface area contributed by atoms with Gasteiger partial charge < -0.3 is 10.6 Å². The van der Waals surface area contributed by atoms with Crippen molar-refractivity contribution in [1.29, 1.82) is 0 Å². The van der Waals surface area contributed by atoms with Crippen molar-refractivity contribution in [2.24, 2.45) is 0 Å². The molecule has 19 heavy (non-hydrogen) atoms. The zero-order valence-corrected chi connectivity index (χ0v) is 12.2. The number of nitrogens with one attached hydrogen (secondary N) is 2. The Morgan fingerprint density at radius 2 is 2.05 bits per heavy atom. The first-order chi connectivity index (χ1) is 8.50. The Labute approximate surface area is 123 Å². The molecular weight excluding hydrogens is 290 g/mol. The molecule has 1 aliphatic heterocycles. The highest BCUT2D eigenvalue weighted by atomic mass is 35.5. The van der Waals surface area contributed by atoms with Crippen LogP contribution in [0.25, 0.3) is 0 Å². The van der Waals surface area contributed by atoms with E-state index >= 15 is 0 Å². The van der Waals surface area contributed by atoms with E-state index in [0.717, 1.165) is 25.9 Å². The van der Waals surface area contributed by atoms with Crippen LogP contribution in [-0.4, -0.2) is 24.5 Å². The zero-order chi connectivity index (χ0) is 13.2. The topological polar surface area (TPSA) is 41.1 Å². The molecule has 2 N–H and O–H groups in total. The molecular formula is C13H17Cl2FN2O. The Balaban J connectivity index is 0.00000180. The van der Waals surface area contributed by atoms with Gasteiger partial charge in [-0.2, -0.15) is 0 Å². The molecule has 2 rings (SSSR count). The van der Waals surface area contributed by atoms with E-state index in [-0.39, 0.29) is 28.9 Å². The fraction of sp³-hybridized carbons (Fsp3) is 0.462. The summed E-state index contributed by atoms with van der Waals surface area (Å²) in [6.07, 6.45) is 1.74. The van der Waals surface area contributed by atoms with Gasteiger partial charge in [0.15, 0.2) is 0 Å². The molecule has 0 aromatic heterocycles. The van der Waals surface area contributed by atoms with Crippen molar-refractivity contribution in [3.63, 3.8) is 0 Å². The predicted octanol–water partition coefficient (Wildman–Crippen LogP) is 2.77. The van der Waals surface area contributed by atoms with Crippen molar-refractivity contribution in [1.82, 2.24) is 10.6 Å². The van der Waals surface area contributed by atoms with E-state index in [9.17, 15) is 9.18 Å². The molecule has 0 unspecified atom stereocenters. The molecule has 1 aliphatic rings. The van der Waals surface area contributed by atoms with Crippen molar-refractivity contribution in [3.8, 4) is 0 Å². The maximum absolute atomic E-state index is 13.3. The third-order valence-electron chi connectivity index (χ3n) is 3.30. The summed E-state index contributed by atoms with van der Waals surface area (Å²) in [6, 6.07) is 4.10. The molecule has 1 aromatic rings. The van der Waals surface area contributed by atoms with Gasteiger partial charge in [-0.1, -0.05) is 11.6 Å². The number of benzene rings is 1. The van der Waals surface area contributed by atoms with Gasteiger partial charge in [-0.25, -0.2) is 4.39 Å². The number of carbonyl (C=O) groups excluding carboxylic acids is 1. The van der Waals surface area contributed by atoms with Crippen LogP contribution in [0.1, 0.15) is 30.1 Å². The molecule has 0 bridgehead atoms. The summed E-state index contributed by atoms with van der Waals surface area (Å²) in [7, 11) is 0. The highest BCUT2D eigenvalue weighted by Gasteiger charge is 2.28. The summed E-state index contributed by atoms with van der Waals surface area (Å²) in [5.74, 6) is -0.824. The lowest BCUT2D eigenvalue weighted by atomic mass is 9.90. The maximum atomic E-state index is 13.3. The zero-order valence-electron chi connectivity index (χ0n) is 10.6. The second-order valence-corrected chi connectivity index (χ2v) is 5.30. The number of hydrogen-bond acceptors (Lipinski definition) is 2. The lowest BCUT2D eigenvalue weighted by Gasteiger charge is -2.35. The summed E-state index contributed by atoms with van der Waals surface area (Å²) < 4.78 is 13.3. The molecule has 1 saturated heterocycles. The van der Waals surface area contributed by atoms with Gasteiger partial charge in [-0.3, -0.25) is 4.79 Å². The molecule has 0 radical (unpaired) electrons. The van der Waals surface area contributed by atoms with Crippen LogP contribution in [0.5, 0.6) is 0 Å². The normalized spacial score (nSPS) is 17.4. The molecule has 6 heteroatoms. The Morgan fingerprint density at radius 1 is 1.42 bits per heavy atom. The smallest absolute Gasteiger partial charge is 0.251 e. The van der Waals surface area contributed by atoms with Crippen LogP contribution in [0.4, 0.5) is 4.39 Å². The van der Waals surface area contributed by atoms with Crippen molar-refractivity contribution in [2.45, 2.75) is 25.3 Å². The van der Waals surface area contributed by atoms with Crippen LogP contribution in [0, 0.1) is 5.82 Å². The summed E-state index contributed by atoms with van der Waals surface area (Å²) in [4.78, 5) is 12.0. The largest absolute Gasteiger partial charge is 0.347 e. The monoisotopic (exact) mass is 306 g/mol. The molecule has 3 nitrogen and oxygen atoms in total. The Bertz CT molecular complexity index is 462. The number of halogens is 3. The van der Waals surface area contributed by atoms with Crippen LogP contribution in [0.2, 0.25) is 5.02 Å². The van der Waals surface area contributed by atoms with Gasteiger partial charge in [-0.15, -0.1) is 12.4 Å². The average molecular weight is 307 g/mol. The molecule has 1 amide bonds. The van der Waals surface area contributed by atoms with E-state index in [1.807, 2.05) is 6.92 Å². The van der Waals surface area contributed by atoms with E-state index in [2.05, 4.69) is 10.6 Å². The number of rotatable bonds is 2. The molecule has 1 heterocycles. The standard InChI is InChI=1S/C13H16ClFN2O.ClH/c1-13(4-6-16-7-5-13)17-12(18)9-2-3-10(14)11(15)8-9;/h2-3,8,16H,4-7H2,1H3,(H,17,18);1H. The second kappa shape index (κ2) is 6.55. The molecule has 106 valence electrons. The Hall–Kier alpha value is -0.840. The molecule has 0 saturated carbocycles. The first-order valence-corrected chi connectivity index (χ1v) is 6.36. The summed E-state index contributed by atoms with van der Waals surface area (Å²) in [5, 5.41) is 6.24. The summed E-state index contributed by atoms with van der Waals surface area (Å²) >= 11 is 5.59. The number of piperidine rings is 1. The van der Waals surface area contributed by atoms with E-state index in [0.29, 0.717) is 5.56 Å². The van der Waals surface area contributed by atoms with Gasteiger partial charge in [0.2, 0.25) is 0 Å². The van der Waals surface area contributed by atoms with Gasteiger partial charge in [0, 0.05) is 11.1 Å². The van der Waals surface area contributed by atoms with E-state index in [1.165, 1.54) is 18.2 Å². The van der Waals surface area contributed by atoms with Crippen molar-refractivity contribution < 1.29 is 9.18 Å². The van der Waals surface area contributed by atoms with Crippen molar-refractivity contribution >= 4 is 29.9 Å². The SMILES string of the molecule is CC1(NC(=O)c2ccc(Cl)c(F)c2)CCNCC1.Cl. The van der Waals surface area contributed by atoms with Crippen LogP contribution in [0.15, 0.2) is 18.2 Å². The molecule has 0 spiro atoms. The molecule has 0 aliphatic carbocycles. The van der Waals surface area contributed by atoms with Crippen LogP contribution in [-0.2, 0) is 0 Å². The third-order valence-corrected chi connectivity index (χ3v) is 3.61. The first kappa shape index (κ1) is 16.2. The summed E-state index contributed by atoms with van der Waals surface area (Å²) in [5.41, 5.74) is 0.0787. The molecule has 1 fully saturated rings. The van der Waals surface area contributed by atoms with Gasteiger partial charge in [0.05, 0.1) is 5.02 Å². The number of hydrogen-bond donors (Lipinski definition) is 2. The minimum atomic E-state index is -0.570. The van der Waals surface area contributed by atoms with Gasteiger partial charge in [0.1, 0.15) is 5.82 Å². The highest BCUT2D eigenvalue weighted by Crippen LogP contribution is 2.19. The Kier molecular flexibility index (Phi) is 5.59. The van der Waals surface area contributed by atoms with Gasteiger partial charge in [0.25, 0.3) is 5.91 Å². The number of amides is 1. The number of carbonyl (C=O) groups is 1. The lowest BCUT2D eigenvalue weighted by molar-refractivity contribution is 0.0887. The minimum absolute atomic E-state index is 0. The molecule has 1 aromatic carbocycles. The fourth-order valence-corrected chi connectivity index (χ4v) is 2.20. The van der Waals surface area contributed by atoms with Crippen molar-refractivity contribution in [3.05, 3.63) is 34.6 Å². The predicted molar refractivity (Wildman–Crippen MR) is 76.6 cm³/mol. The maximum Gasteiger partial charge on any atom is 0.251 e. The molecule has 0 atom stereocenters. The first-order valence-electron chi connectivity index (χ1n) is 5.98. The highest BCUT2D eigenvalue weighted by molar-refractivity contribution is 6.30. The minimum Gasteiger partial charge on any atom is -0.347 e. The van der Waals surface area contributed by atoms with Crippen LogP contribution in [0.3, 0.4) is 0 Å². The van der Waals surface area contributed by atoms with Gasteiger partial charge >= 0.3 is 0 Å². The van der Waals surface area contributed by atoms with E-state index in [1.54, 1.807) is 0 Å². The fourth-order valence-electron chi connectivity index (χ4n) is 2.09. The third kappa shape index (κ3) is 4.06. The van der Waals surface area contributed by atoms with Gasteiger partial charge in [-0.05, 0) is 51.1 Å². The Morgan fingerprint density at radius 3 is 2.63 bits per heavy atom. The summed E-state index contributed by atoms with van der Waals surface area (Å²) in [6.45, 7) is 3.77. The van der Waals surface area contributed by atoms with Crippen molar-refractivity contribution in [2.75, 3.05) is 13.1 Å². The average Bonchev–Trinajstić information content (AvgIpc) is 2.33. The lowest BCUT2D eigenvalue weighted by Crippen LogP contribution is -2.52. The van der Waals surface area contributed by atoms with E-state index in [4.69, 9.17) is 11.6 Å². The second-order valence-electron chi connectivity index (χ2n) is 4.89. The quantitative estimate of drug-likeness (QED) is 0.882.